The third kappa shape index (κ3) is 2.44. The molecule has 2 heterocycles. The average Bonchev–Trinajstić information content (AvgIpc) is 2.87. The summed E-state index contributed by atoms with van der Waals surface area (Å²) in [5, 5.41) is 11.0. The molecule has 2 aromatic rings. The van der Waals surface area contributed by atoms with Gasteiger partial charge in [-0.2, -0.15) is 0 Å². The summed E-state index contributed by atoms with van der Waals surface area (Å²) in [5.74, 6) is 1.18. The van der Waals surface area contributed by atoms with Gasteiger partial charge >= 0.3 is 0 Å². The number of rotatable bonds is 5. The number of nitrogens with zero attached hydrogens (tertiary/aromatic N) is 2. The first kappa shape index (κ1) is 9.92. The molecule has 5 heteroatoms. The third-order valence-corrected chi connectivity index (χ3v) is 2.05. The minimum absolute atomic E-state index is 0.517. The van der Waals surface area contributed by atoms with Crippen LogP contribution in [0.25, 0.3) is 11.5 Å². The standard InChI is InChI=1S/C10H13N3O2/c1-11-5-2-3-9-12-13-10(15-9)8-4-6-14-7-8/h4,6-7,11H,2-3,5H2,1H3. The van der Waals surface area contributed by atoms with Crippen molar-refractivity contribution in [2.24, 2.45) is 0 Å². The van der Waals surface area contributed by atoms with Gasteiger partial charge in [0.2, 0.25) is 5.89 Å². The topological polar surface area (TPSA) is 64.1 Å². The van der Waals surface area contributed by atoms with Gasteiger partial charge in [0.25, 0.3) is 5.89 Å². The Hall–Kier alpha value is -1.62. The molecule has 0 bridgehead atoms. The Morgan fingerprint density at radius 2 is 2.33 bits per heavy atom. The second-order valence-electron chi connectivity index (χ2n) is 3.22. The van der Waals surface area contributed by atoms with Crippen LogP contribution in [0.1, 0.15) is 12.3 Å². The van der Waals surface area contributed by atoms with Crippen molar-refractivity contribution in [1.82, 2.24) is 15.5 Å². The molecule has 0 amide bonds. The second-order valence-corrected chi connectivity index (χ2v) is 3.22. The van der Waals surface area contributed by atoms with Crippen molar-refractivity contribution in [3.8, 4) is 11.5 Å². The van der Waals surface area contributed by atoms with Gasteiger partial charge < -0.3 is 14.2 Å². The van der Waals surface area contributed by atoms with Gasteiger partial charge in [0.1, 0.15) is 6.26 Å². The normalized spacial score (nSPS) is 10.7. The Balaban J connectivity index is 1.98. The zero-order valence-corrected chi connectivity index (χ0v) is 8.56. The highest BCUT2D eigenvalue weighted by Crippen LogP contribution is 2.18. The monoisotopic (exact) mass is 207 g/mol. The molecule has 80 valence electrons. The van der Waals surface area contributed by atoms with Crippen LogP contribution in [0.2, 0.25) is 0 Å². The van der Waals surface area contributed by atoms with Crippen LogP contribution in [0.4, 0.5) is 0 Å². The van der Waals surface area contributed by atoms with Gasteiger partial charge in [0.15, 0.2) is 0 Å². The van der Waals surface area contributed by atoms with Crippen molar-refractivity contribution < 1.29 is 8.83 Å². The Labute approximate surface area is 87.5 Å². The maximum Gasteiger partial charge on any atom is 0.250 e. The van der Waals surface area contributed by atoms with E-state index >= 15 is 0 Å². The summed E-state index contributed by atoms with van der Waals surface area (Å²) >= 11 is 0. The summed E-state index contributed by atoms with van der Waals surface area (Å²) in [6.45, 7) is 0.948. The van der Waals surface area contributed by atoms with Crippen LogP contribution in [0.5, 0.6) is 0 Å². The lowest BCUT2D eigenvalue weighted by atomic mass is 10.3. The Bertz CT molecular complexity index is 394. The lowest BCUT2D eigenvalue weighted by Crippen LogP contribution is -2.08. The SMILES string of the molecule is CNCCCc1nnc(-c2ccoc2)o1. The Morgan fingerprint density at radius 1 is 1.40 bits per heavy atom. The average molecular weight is 207 g/mol. The summed E-state index contributed by atoms with van der Waals surface area (Å²) in [5.41, 5.74) is 0.822. The van der Waals surface area contributed by atoms with Crippen molar-refractivity contribution in [3.05, 3.63) is 24.5 Å². The van der Waals surface area contributed by atoms with Crippen LogP contribution in [0, 0.1) is 0 Å². The van der Waals surface area contributed by atoms with Crippen molar-refractivity contribution >= 4 is 0 Å². The molecular formula is C10H13N3O2. The molecule has 2 rings (SSSR count). The van der Waals surface area contributed by atoms with E-state index in [2.05, 4.69) is 15.5 Å². The summed E-state index contributed by atoms with van der Waals surface area (Å²) < 4.78 is 10.4. The lowest BCUT2D eigenvalue weighted by Gasteiger charge is -1.93. The van der Waals surface area contributed by atoms with E-state index < -0.39 is 0 Å². The number of nitrogens with one attached hydrogen (secondary N) is 1. The van der Waals surface area contributed by atoms with E-state index in [1.165, 1.54) is 0 Å². The van der Waals surface area contributed by atoms with Crippen molar-refractivity contribution in [2.75, 3.05) is 13.6 Å². The van der Waals surface area contributed by atoms with Crippen molar-refractivity contribution in [3.63, 3.8) is 0 Å². The third-order valence-electron chi connectivity index (χ3n) is 2.05. The maximum atomic E-state index is 5.46. The molecule has 0 fully saturated rings. The fraction of sp³-hybridized carbons (Fsp3) is 0.400. The molecular weight excluding hydrogens is 194 g/mol. The van der Waals surface area contributed by atoms with Crippen LogP contribution >= 0.6 is 0 Å². The predicted octanol–water partition coefficient (Wildman–Crippen LogP) is 1.48. The minimum atomic E-state index is 0.517. The first-order valence-corrected chi connectivity index (χ1v) is 4.89. The zero-order valence-electron chi connectivity index (χ0n) is 8.56. The highest BCUT2D eigenvalue weighted by molar-refractivity contribution is 5.49. The maximum absolute atomic E-state index is 5.46. The molecule has 0 aliphatic rings. The van der Waals surface area contributed by atoms with Gasteiger partial charge in [0, 0.05) is 6.42 Å². The molecule has 0 aliphatic carbocycles. The molecule has 15 heavy (non-hydrogen) atoms. The summed E-state index contributed by atoms with van der Waals surface area (Å²) in [4.78, 5) is 0. The van der Waals surface area contributed by atoms with Crippen LogP contribution < -0.4 is 5.32 Å². The molecule has 5 nitrogen and oxygen atoms in total. The Kier molecular flexibility index (Phi) is 3.14. The quantitative estimate of drug-likeness (QED) is 0.752. The van der Waals surface area contributed by atoms with E-state index in [9.17, 15) is 0 Å². The highest BCUT2D eigenvalue weighted by atomic mass is 16.4. The summed E-state index contributed by atoms with van der Waals surface area (Å²) in [7, 11) is 1.92. The first-order chi connectivity index (χ1) is 7.40. The first-order valence-electron chi connectivity index (χ1n) is 4.89. The number of hydrogen-bond donors (Lipinski definition) is 1. The van der Waals surface area contributed by atoms with Gasteiger partial charge in [-0.05, 0) is 26.1 Å². The molecule has 0 saturated carbocycles. The van der Waals surface area contributed by atoms with E-state index in [1.54, 1.807) is 18.6 Å². The van der Waals surface area contributed by atoms with Gasteiger partial charge in [-0.3, -0.25) is 0 Å². The second kappa shape index (κ2) is 4.75. The largest absolute Gasteiger partial charge is 0.472 e. The number of hydrogen-bond acceptors (Lipinski definition) is 5. The molecule has 0 spiro atoms. The van der Waals surface area contributed by atoms with Crippen LogP contribution in [-0.2, 0) is 6.42 Å². The fourth-order valence-corrected chi connectivity index (χ4v) is 1.27. The van der Waals surface area contributed by atoms with Crippen molar-refractivity contribution in [2.45, 2.75) is 12.8 Å². The molecule has 2 aromatic heterocycles. The molecule has 0 radical (unpaired) electrons. The Morgan fingerprint density at radius 3 is 3.07 bits per heavy atom. The van der Waals surface area contributed by atoms with Gasteiger partial charge in [-0.15, -0.1) is 10.2 Å². The minimum Gasteiger partial charge on any atom is -0.472 e. The van der Waals surface area contributed by atoms with Crippen LogP contribution in [0.15, 0.2) is 27.4 Å². The fourth-order valence-electron chi connectivity index (χ4n) is 1.27. The highest BCUT2D eigenvalue weighted by Gasteiger charge is 2.08. The van der Waals surface area contributed by atoms with Gasteiger partial charge in [-0.1, -0.05) is 0 Å². The van der Waals surface area contributed by atoms with E-state index in [4.69, 9.17) is 8.83 Å². The summed E-state index contributed by atoms with van der Waals surface area (Å²) in [6, 6.07) is 1.80. The van der Waals surface area contributed by atoms with Crippen LogP contribution in [-0.4, -0.2) is 23.8 Å². The van der Waals surface area contributed by atoms with E-state index in [0.29, 0.717) is 11.8 Å². The number of aromatic nitrogens is 2. The smallest absolute Gasteiger partial charge is 0.250 e. The van der Waals surface area contributed by atoms with E-state index in [1.807, 2.05) is 7.05 Å². The van der Waals surface area contributed by atoms with E-state index in [0.717, 1.165) is 24.9 Å². The molecule has 1 N–H and O–H groups in total. The number of furan rings is 1. The lowest BCUT2D eigenvalue weighted by molar-refractivity contribution is 0.493. The molecule has 0 saturated heterocycles. The van der Waals surface area contributed by atoms with Gasteiger partial charge in [0.05, 0.1) is 11.8 Å². The summed E-state index contributed by atoms with van der Waals surface area (Å²) in [6.07, 6.45) is 4.96. The van der Waals surface area contributed by atoms with Crippen LogP contribution in [0.3, 0.4) is 0 Å². The molecule has 0 atom stereocenters. The molecule has 0 aromatic carbocycles. The van der Waals surface area contributed by atoms with E-state index in [-0.39, 0.29) is 0 Å². The predicted molar refractivity (Wildman–Crippen MR) is 54.2 cm³/mol. The zero-order chi connectivity index (χ0) is 10.5. The molecule has 0 unspecified atom stereocenters. The van der Waals surface area contributed by atoms with Crippen molar-refractivity contribution in [1.29, 1.82) is 0 Å². The number of aryl methyl sites for hydroxylation is 1. The molecule has 0 aliphatic heterocycles. The van der Waals surface area contributed by atoms with Gasteiger partial charge in [-0.25, -0.2) is 0 Å².